The van der Waals surface area contributed by atoms with Crippen molar-refractivity contribution in [2.75, 3.05) is 43.0 Å². The van der Waals surface area contributed by atoms with Gasteiger partial charge in [-0.25, -0.2) is 18.2 Å². The number of piperazine rings is 1. The Kier molecular flexibility index (Phi) is 9.51. The minimum atomic E-state index is -4.94. The number of thiazole rings is 1. The molecule has 1 amide bonds. The van der Waals surface area contributed by atoms with Crippen molar-refractivity contribution in [1.82, 2.24) is 14.6 Å². The van der Waals surface area contributed by atoms with Gasteiger partial charge in [-0.3, -0.25) is 4.79 Å². The number of ether oxygens (including phenoxy) is 1. The lowest BCUT2D eigenvalue weighted by molar-refractivity contribution is -0.274. The Labute approximate surface area is 250 Å². The molecule has 2 N–H and O–H groups in total. The summed E-state index contributed by atoms with van der Waals surface area (Å²) in [6.45, 7) is 4.28. The maximum atomic E-state index is 13.7. The van der Waals surface area contributed by atoms with Gasteiger partial charge in [-0.2, -0.15) is 4.31 Å². The maximum absolute atomic E-state index is 13.7. The summed E-state index contributed by atoms with van der Waals surface area (Å²) in [5.41, 5.74) is 2.07. The van der Waals surface area contributed by atoms with Crippen LogP contribution < -0.4 is 19.9 Å². The van der Waals surface area contributed by atoms with E-state index in [1.54, 1.807) is 11.8 Å². The number of aromatic nitrogens is 1. The third-order valence-electron chi connectivity index (χ3n) is 6.87. The first-order chi connectivity index (χ1) is 20.2. The molecule has 0 bridgehead atoms. The molecule has 1 aromatic heterocycles. The van der Waals surface area contributed by atoms with Gasteiger partial charge in [0.25, 0.3) is 0 Å². The number of carboxylic acid groups (broad SMARTS) is 1. The number of anilines is 2. The molecule has 1 aliphatic heterocycles. The summed E-state index contributed by atoms with van der Waals surface area (Å²) in [7, 11) is -2.40. The van der Waals surface area contributed by atoms with Crippen molar-refractivity contribution in [1.29, 1.82) is 0 Å². The van der Waals surface area contributed by atoms with E-state index in [-0.39, 0.29) is 36.0 Å². The van der Waals surface area contributed by atoms with Crippen molar-refractivity contribution in [2.24, 2.45) is 0 Å². The van der Waals surface area contributed by atoms with Crippen LogP contribution in [-0.2, 0) is 21.4 Å². The van der Waals surface area contributed by atoms with Crippen LogP contribution in [0.1, 0.15) is 27.9 Å². The lowest BCUT2D eigenvalue weighted by Crippen LogP contribution is -2.60. The molecule has 1 saturated heterocycles. The topological polar surface area (TPSA) is 132 Å². The van der Waals surface area contributed by atoms with Crippen molar-refractivity contribution < 1.29 is 41.0 Å². The zero-order valence-electron chi connectivity index (χ0n) is 23.5. The second-order valence-corrected chi connectivity index (χ2v) is 12.6. The monoisotopic (exact) mass is 641 g/mol. The predicted molar refractivity (Wildman–Crippen MR) is 154 cm³/mol. The normalized spacial score (nSPS) is 16.1. The Balaban J connectivity index is 1.59. The van der Waals surface area contributed by atoms with Crippen LogP contribution >= 0.6 is 11.3 Å². The highest BCUT2D eigenvalue weighted by atomic mass is 32.2. The van der Waals surface area contributed by atoms with E-state index in [0.717, 1.165) is 57.7 Å². The van der Waals surface area contributed by atoms with Gasteiger partial charge in [0.1, 0.15) is 16.7 Å². The maximum Gasteiger partial charge on any atom is 0.573 e. The first kappa shape index (κ1) is 32.0. The van der Waals surface area contributed by atoms with E-state index in [1.165, 1.54) is 0 Å². The van der Waals surface area contributed by atoms with Crippen LogP contribution in [0.3, 0.4) is 0 Å². The van der Waals surface area contributed by atoms with Gasteiger partial charge in [-0.05, 0) is 55.8 Å². The second kappa shape index (κ2) is 12.8. The number of alkyl halides is 3. The molecule has 1 atom stereocenters. The number of aryl methyl sites for hydroxylation is 1. The van der Waals surface area contributed by atoms with Gasteiger partial charge in [0.2, 0.25) is 15.9 Å². The predicted octanol–water partition coefficient (Wildman–Crippen LogP) is 3.70. The number of halogens is 3. The zero-order chi connectivity index (χ0) is 31.5. The minimum Gasteiger partial charge on any atom is -0.477 e. The summed E-state index contributed by atoms with van der Waals surface area (Å²) in [6.07, 6.45) is -4.94. The summed E-state index contributed by atoms with van der Waals surface area (Å²) in [6, 6.07) is 9.98. The molecule has 0 unspecified atom stereocenters. The highest BCUT2D eigenvalue weighted by Gasteiger charge is 2.41. The molecule has 0 radical (unpaired) electrons. The number of sulfonamides is 1. The van der Waals surface area contributed by atoms with Crippen molar-refractivity contribution in [3.05, 3.63) is 64.7 Å². The fourth-order valence-electron chi connectivity index (χ4n) is 4.46. The molecule has 16 heteroatoms. The minimum absolute atomic E-state index is 0.0318. The molecule has 0 saturated carbocycles. The van der Waals surface area contributed by atoms with E-state index < -0.39 is 40.1 Å². The Morgan fingerprint density at radius 3 is 2.35 bits per heavy atom. The fourth-order valence-corrected chi connectivity index (χ4v) is 6.97. The SMILES string of the molecule is CCN(C)c1ccc(CNC(=O)[C@H]2CN(c3nc(C)c(C(=O)O)s3)CCN2S(=O)(=O)c2ccc(OC(F)(F)F)cc2)cc1. The molecule has 43 heavy (non-hydrogen) atoms. The van der Waals surface area contributed by atoms with Crippen LogP contribution in [0.15, 0.2) is 53.4 Å². The van der Waals surface area contributed by atoms with E-state index in [0.29, 0.717) is 10.8 Å². The van der Waals surface area contributed by atoms with E-state index in [9.17, 15) is 36.3 Å². The average Bonchev–Trinajstić information content (AvgIpc) is 3.36. The quantitative estimate of drug-likeness (QED) is 0.340. The smallest absolute Gasteiger partial charge is 0.477 e. The lowest BCUT2D eigenvalue weighted by atomic mass is 10.1. The van der Waals surface area contributed by atoms with E-state index in [1.807, 2.05) is 43.1 Å². The molecule has 232 valence electrons. The Hall–Kier alpha value is -3.89. The van der Waals surface area contributed by atoms with Crippen LogP contribution in [0.5, 0.6) is 5.75 Å². The van der Waals surface area contributed by atoms with Crippen LogP contribution in [0.2, 0.25) is 0 Å². The molecular formula is C27H30F3N5O6S2. The molecule has 2 heterocycles. The molecule has 2 aromatic carbocycles. The van der Waals surface area contributed by atoms with Crippen molar-refractivity contribution in [3.63, 3.8) is 0 Å². The van der Waals surface area contributed by atoms with E-state index >= 15 is 0 Å². The number of benzene rings is 2. The molecule has 11 nitrogen and oxygen atoms in total. The molecule has 1 aliphatic rings. The van der Waals surface area contributed by atoms with Gasteiger partial charge < -0.3 is 25.0 Å². The molecular weight excluding hydrogens is 611 g/mol. The average molecular weight is 642 g/mol. The number of hydrogen-bond donors (Lipinski definition) is 2. The van der Waals surface area contributed by atoms with Gasteiger partial charge in [0.05, 0.1) is 10.6 Å². The number of carbonyl (C=O) groups is 2. The van der Waals surface area contributed by atoms with Gasteiger partial charge in [-0.1, -0.05) is 23.5 Å². The Morgan fingerprint density at radius 2 is 1.79 bits per heavy atom. The first-order valence-electron chi connectivity index (χ1n) is 13.1. The summed E-state index contributed by atoms with van der Waals surface area (Å²) >= 11 is 0.920. The van der Waals surface area contributed by atoms with Gasteiger partial charge in [-0.15, -0.1) is 13.2 Å². The number of aromatic carboxylic acids is 1. The standard InChI is InChI=1S/C27H30F3N5O6S2/c1-4-33(3)19-7-5-18(6-8-19)15-31-24(36)22-16-34(26-32-17(2)23(42-26)25(37)38)13-14-35(22)43(39,40)21-11-9-20(10-12-21)41-27(28,29)30/h5-12,22H,4,13-16H2,1-3H3,(H,31,36)(H,37,38)/t22-/m1/s1. The fraction of sp³-hybridized carbons (Fsp3) is 0.370. The largest absolute Gasteiger partial charge is 0.573 e. The summed E-state index contributed by atoms with van der Waals surface area (Å²) in [5.74, 6) is -2.34. The zero-order valence-corrected chi connectivity index (χ0v) is 25.1. The summed E-state index contributed by atoms with van der Waals surface area (Å²) < 4.78 is 69.9. The Morgan fingerprint density at radius 1 is 1.14 bits per heavy atom. The molecule has 4 rings (SSSR count). The van der Waals surface area contributed by atoms with E-state index in [4.69, 9.17) is 0 Å². The van der Waals surface area contributed by atoms with Crippen LogP contribution in [0.25, 0.3) is 0 Å². The summed E-state index contributed by atoms with van der Waals surface area (Å²) in [4.78, 5) is 32.8. The van der Waals surface area contributed by atoms with Crippen LogP contribution in [0.4, 0.5) is 24.0 Å². The number of hydrogen-bond acceptors (Lipinski definition) is 9. The number of nitrogens with one attached hydrogen (secondary N) is 1. The first-order valence-corrected chi connectivity index (χ1v) is 15.4. The molecule has 0 spiro atoms. The second-order valence-electron chi connectivity index (χ2n) is 9.71. The van der Waals surface area contributed by atoms with Crippen molar-refractivity contribution in [3.8, 4) is 5.75 Å². The Bertz CT molecular complexity index is 1560. The molecule has 3 aromatic rings. The number of carbonyl (C=O) groups excluding carboxylic acids is 1. The third kappa shape index (κ3) is 7.55. The highest BCUT2D eigenvalue weighted by Crippen LogP contribution is 2.31. The van der Waals surface area contributed by atoms with Crippen molar-refractivity contribution >= 4 is 44.1 Å². The third-order valence-corrected chi connectivity index (χ3v) is 9.99. The highest BCUT2D eigenvalue weighted by molar-refractivity contribution is 7.89. The van der Waals surface area contributed by atoms with Crippen LogP contribution in [0, 0.1) is 6.92 Å². The van der Waals surface area contributed by atoms with Gasteiger partial charge in [0, 0.05) is 45.5 Å². The molecule has 1 fully saturated rings. The number of rotatable bonds is 10. The van der Waals surface area contributed by atoms with Gasteiger partial charge >= 0.3 is 12.3 Å². The number of nitrogens with zero attached hydrogens (tertiary/aromatic N) is 4. The van der Waals surface area contributed by atoms with Crippen LogP contribution in [-0.4, -0.2) is 80.3 Å². The number of amides is 1. The number of carboxylic acids is 1. The molecule has 0 aliphatic carbocycles. The van der Waals surface area contributed by atoms with E-state index in [2.05, 4.69) is 15.0 Å². The van der Waals surface area contributed by atoms with Gasteiger partial charge in [0.15, 0.2) is 5.13 Å². The lowest BCUT2D eigenvalue weighted by Gasteiger charge is -2.39. The van der Waals surface area contributed by atoms with Crippen molar-refractivity contribution in [2.45, 2.75) is 37.7 Å². The summed E-state index contributed by atoms with van der Waals surface area (Å²) in [5, 5.41) is 12.6.